The number of para-hydroxylation sites is 2. The van der Waals surface area contributed by atoms with Gasteiger partial charge in [0.2, 0.25) is 6.10 Å². The van der Waals surface area contributed by atoms with Crippen LogP contribution in [0, 0.1) is 0 Å². The van der Waals surface area contributed by atoms with E-state index < -0.39 is 24.6 Å². The summed E-state index contributed by atoms with van der Waals surface area (Å²) < 4.78 is 15.9. The van der Waals surface area contributed by atoms with Gasteiger partial charge in [-0.3, -0.25) is 4.79 Å². The van der Waals surface area contributed by atoms with Crippen LogP contribution in [0.3, 0.4) is 0 Å². The number of carbonyl (C=O) groups excluding carboxylic acids is 2. The Morgan fingerprint density at radius 1 is 1.25 bits per heavy atom. The minimum atomic E-state index is -0.915. The van der Waals surface area contributed by atoms with Gasteiger partial charge in [-0.2, -0.15) is 0 Å². The molecule has 3 rings (SSSR count). The molecular formula is C16H13ClN2O5. The van der Waals surface area contributed by atoms with Crippen LogP contribution in [-0.4, -0.2) is 36.2 Å². The fourth-order valence-corrected chi connectivity index (χ4v) is 2.11. The quantitative estimate of drug-likeness (QED) is 0.851. The lowest BCUT2D eigenvalue weighted by Gasteiger charge is -2.24. The predicted octanol–water partition coefficient (Wildman–Crippen LogP) is 2.06. The molecule has 0 unspecified atom stereocenters. The molecule has 0 bridgehead atoms. The Balaban J connectivity index is 1.49. The Morgan fingerprint density at radius 3 is 2.79 bits per heavy atom. The first-order chi connectivity index (χ1) is 11.6. The van der Waals surface area contributed by atoms with Crippen molar-refractivity contribution in [3.8, 4) is 11.5 Å². The molecular weight excluding hydrogens is 336 g/mol. The zero-order valence-electron chi connectivity index (χ0n) is 12.4. The monoisotopic (exact) mass is 348 g/mol. The number of carbonyl (C=O) groups is 2. The van der Waals surface area contributed by atoms with Crippen LogP contribution in [0.2, 0.25) is 5.02 Å². The maximum absolute atomic E-state index is 12.0. The molecule has 8 heteroatoms. The van der Waals surface area contributed by atoms with E-state index in [9.17, 15) is 9.59 Å². The number of amides is 1. The van der Waals surface area contributed by atoms with Crippen LogP contribution in [0.15, 0.2) is 42.6 Å². The number of hydrogen-bond donors (Lipinski definition) is 1. The Bertz CT molecular complexity index is 750. The lowest BCUT2D eigenvalue weighted by Crippen LogP contribution is -2.39. The van der Waals surface area contributed by atoms with E-state index in [-0.39, 0.29) is 6.61 Å². The van der Waals surface area contributed by atoms with Gasteiger partial charge in [0.1, 0.15) is 12.4 Å². The maximum atomic E-state index is 12.0. The molecule has 2 aromatic rings. The second kappa shape index (κ2) is 7.18. The van der Waals surface area contributed by atoms with Gasteiger partial charge in [0, 0.05) is 6.20 Å². The van der Waals surface area contributed by atoms with Gasteiger partial charge >= 0.3 is 5.97 Å². The number of benzene rings is 1. The normalized spacial score (nSPS) is 15.5. The number of ether oxygens (including phenoxy) is 3. The molecule has 1 atom stereocenters. The van der Waals surface area contributed by atoms with Crippen LogP contribution < -0.4 is 14.8 Å². The van der Waals surface area contributed by atoms with Gasteiger partial charge in [-0.25, -0.2) is 9.78 Å². The van der Waals surface area contributed by atoms with E-state index in [2.05, 4.69) is 10.3 Å². The largest absolute Gasteiger partial charge is 0.485 e. The molecule has 0 aliphatic carbocycles. The molecule has 0 saturated carbocycles. The van der Waals surface area contributed by atoms with Crippen molar-refractivity contribution in [2.24, 2.45) is 0 Å². The first kappa shape index (κ1) is 16.1. The lowest BCUT2D eigenvalue weighted by atomic mass is 10.2. The number of rotatable bonds is 4. The molecule has 1 amide bonds. The van der Waals surface area contributed by atoms with E-state index in [1.54, 1.807) is 30.3 Å². The zero-order chi connectivity index (χ0) is 16.9. The van der Waals surface area contributed by atoms with E-state index in [0.717, 1.165) is 0 Å². The molecule has 124 valence electrons. The number of anilines is 1. The minimum absolute atomic E-state index is 0.0240. The van der Waals surface area contributed by atoms with Crippen LogP contribution in [0.25, 0.3) is 0 Å². The summed E-state index contributed by atoms with van der Waals surface area (Å²) in [6, 6.07) is 10.1. The highest BCUT2D eigenvalue weighted by atomic mass is 35.5. The van der Waals surface area contributed by atoms with Crippen LogP contribution in [0.4, 0.5) is 5.82 Å². The average molecular weight is 349 g/mol. The van der Waals surface area contributed by atoms with Crippen molar-refractivity contribution < 1.29 is 23.8 Å². The van der Waals surface area contributed by atoms with Crippen molar-refractivity contribution >= 4 is 29.3 Å². The lowest BCUT2D eigenvalue weighted by molar-refractivity contribution is -0.156. The Labute approximate surface area is 142 Å². The molecule has 2 heterocycles. The van der Waals surface area contributed by atoms with Crippen molar-refractivity contribution in [1.29, 1.82) is 0 Å². The SMILES string of the molecule is O=C(COC(=O)[C@@H]1COc2ccccc2O1)Nc1ccc(Cl)cn1. The first-order valence-electron chi connectivity index (χ1n) is 7.08. The first-order valence-corrected chi connectivity index (χ1v) is 7.46. The third-order valence-electron chi connectivity index (χ3n) is 3.11. The molecule has 7 nitrogen and oxygen atoms in total. The predicted molar refractivity (Wildman–Crippen MR) is 85.2 cm³/mol. The fraction of sp³-hybridized carbons (Fsp3) is 0.188. The van der Waals surface area contributed by atoms with E-state index in [1.165, 1.54) is 12.3 Å². The van der Waals surface area contributed by atoms with E-state index >= 15 is 0 Å². The number of fused-ring (bicyclic) bond motifs is 1. The zero-order valence-corrected chi connectivity index (χ0v) is 13.2. The number of aromatic nitrogens is 1. The smallest absolute Gasteiger partial charge is 0.351 e. The highest BCUT2D eigenvalue weighted by molar-refractivity contribution is 6.30. The number of halogens is 1. The second-order valence-electron chi connectivity index (χ2n) is 4.88. The summed E-state index contributed by atoms with van der Waals surface area (Å²) in [7, 11) is 0. The fourth-order valence-electron chi connectivity index (χ4n) is 1.99. The van der Waals surface area contributed by atoms with Crippen molar-refractivity contribution in [3.05, 3.63) is 47.6 Å². The Hall–Kier alpha value is -2.80. The summed E-state index contributed by atoms with van der Waals surface area (Å²) in [5.41, 5.74) is 0. The van der Waals surface area contributed by atoms with Gasteiger partial charge in [-0.05, 0) is 24.3 Å². The molecule has 0 radical (unpaired) electrons. The molecule has 1 aromatic heterocycles. The van der Waals surface area contributed by atoms with Gasteiger partial charge in [-0.15, -0.1) is 0 Å². The van der Waals surface area contributed by atoms with Gasteiger partial charge in [-0.1, -0.05) is 23.7 Å². The topological polar surface area (TPSA) is 86.8 Å². The summed E-state index contributed by atoms with van der Waals surface area (Å²) in [5, 5.41) is 2.94. The number of pyridine rings is 1. The summed E-state index contributed by atoms with van der Waals surface area (Å²) >= 11 is 5.70. The van der Waals surface area contributed by atoms with Crippen molar-refractivity contribution in [3.63, 3.8) is 0 Å². The van der Waals surface area contributed by atoms with Crippen LogP contribution >= 0.6 is 11.6 Å². The Morgan fingerprint density at radius 2 is 2.04 bits per heavy atom. The highest BCUT2D eigenvalue weighted by Gasteiger charge is 2.29. The molecule has 1 aliphatic heterocycles. The second-order valence-corrected chi connectivity index (χ2v) is 5.32. The minimum Gasteiger partial charge on any atom is -0.485 e. The highest BCUT2D eigenvalue weighted by Crippen LogP contribution is 2.31. The standard InChI is InChI=1S/C16H13ClN2O5/c17-10-5-6-14(18-7-10)19-15(20)9-23-16(21)13-8-22-11-3-1-2-4-12(11)24-13/h1-7,13H,8-9H2,(H,18,19,20)/t13-/m0/s1. The molecule has 0 fully saturated rings. The third-order valence-corrected chi connectivity index (χ3v) is 3.34. The Kier molecular flexibility index (Phi) is 4.81. The van der Waals surface area contributed by atoms with Gasteiger partial charge < -0.3 is 19.5 Å². The van der Waals surface area contributed by atoms with Crippen molar-refractivity contribution in [2.45, 2.75) is 6.10 Å². The van der Waals surface area contributed by atoms with Crippen molar-refractivity contribution in [2.75, 3.05) is 18.5 Å². The number of nitrogens with one attached hydrogen (secondary N) is 1. The molecule has 0 saturated heterocycles. The average Bonchev–Trinajstić information content (AvgIpc) is 2.61. The van der Waals surface area contributed by atoms with E-state index in [4.69, 9.17) is 25.8 Å². The number of hydrogen-bond acceptors (Lipinski definition) is 6. The summed E-state index contributed by atoms with van der Waals surface area (Å²) in [4.78, 5) is 27.6. The van der Waals surface area contributed by atoms with Crippen LogP contribution in [-0.2, 0) is 14.3 Å². The molecule has 24 heavy (non-hydrogen) atoms. The van der Waals surface area contributed by atoms with Gasteiger partial charge in [0.25, 0.3) is 5.91 Å². The van der Waals surface area contributed by atoms with Crippen molar-refractivity contribution in [1.82, 2.24) is 4.98 Å². The molecule has 1 aliphatic rings. The van der Waals surface area contributed by atoms with Crippen LogP contribution in [0.1, 0.15) is 0 Å². The molecule has 1 N–H and O–H groups in total. The molecule has 0 spiro atoms. The summed E-state index contributed by atoms with van der Waals surface area (Å²) in [6.45, 7) is -0.430. The third kappa shape index (κ3) is 3.94. The number of nitrogens with zero attached hydrogens (tertiary/aromatic N) is 1. The van der Waals surface area contributed by atoms with Gasteiger partial charge in [0.05, 0.1) is 5.02 Å². The maximum Gasteiger partial charge on any atom is 0.351 e. The van der Waals surface area contributed by atoms with E-state index in [1.807, 2.05) is 0 Å². The van der Waals surface area contributed by atoms with Gasteiger partial charge in [0.15, 0.2) is 18.1 Å². The van der Waals surface area contributed by atoms with E-state index in [0.29, 0.717) is 22.3 Å². The number of esters is 1. The summed E-state index contributed by atoms with van der Waals surface area (Å²) in [6.07, 6.45) is 0.481. The van der Waals surface area contributed by atoms with Crippen LogP contribution in [0.5, 0.6) is 11.5 Å². The molecule has 1 aromatic carbocycles. The summed E-state index contributed by atoms with van der Waals surface area (Å²) in [5.74, 6) is 0.138.